The maximum absolute atomic E-state index is 12.4. The zero-order valence-electron chi connectivity index (χ0n) is 14.1. The number of nitrogens with one attached hydrogen (secondary N) is 2. The zero-order valence-corrected chi connectivity index (χ0v) is 14.1. The summed E-state index contributed by atoms with van der Waals surface area (Å²) in [6, 6.07) is -2.45. The second-order valence-electron chi connectivity index (χ2n) is 6.23. The fourth-order valence-corrected chi connectivity index (χ4v) is 2.55. The van der Waals surface area contributed by atoms with Gasteiger partial charge in [0, 0.05) is 12.6 Å². The van der Waals surface area contributed by atoms with Crippen LogP contribution < -0.4 is 10.6 Å². The predicted octanol–water partition coefficient (Wildman–Crippen LogP) is -1.59. The lowest BCUT2D eigenvalue weighted by Crippen LogP contribution is -2.58. The molecule has 0 radical (unpaired) electrons. The Balaban J connectivity index is 2.91. The van der Waals surface area contributed by atoms with Crippen molar-refractivity contribution in [3.05, 3.63) is 0 Å². The van der Waals surface area contributed by atoms with Crippen molar-refractivity contribution in [3.63, 3.8) is 0 Å². The molecule has 1 rings (SSSR count). The van der Waals surface area contributed by atoms with Crippen LogP contribution in [0.1, 0.15) is 33.6 Å². The largest absolute Gasteiger partial charge is 0.481 e. The molecule has 0 aromatic rings. The number of aliphatic hydroxyl groups excluding tert-OH is 2. The van der Waals surface area contributed by atoms with E-state index < -0.39 is 54.5 Å². The van der Waals surface area contributed by atoms with Gasteiger partial charge in [0.25, 0.3) is 0 Å². The van der Waals surface area contributed by atoms with Crippen molar-refractivity contribution < 1.29 is 34.4 Å². The second kappa shape index (κ2) is 9.07. The minimum absolute atomic E-state index is 0.153. The highest BCUT2D eigenvalue weighted by molar-refractivity contribution is 5.94. The predicted molar refractivity (Wildman–Crippen MR) is 83.3 cm³/mol. The number of aliphatic hydroxyl groups is 2. The van der Waals surface area contributed by atoms with Crippen LogP contribution in [0.2, 0.25) is 0 Å². The molecule has 0 aromatic heterocycles. The van der Waals surface area contributed by atoms with Crippen LogP contribution in [0, 0.1) is 0 Å². The summed E-state index contributed by atoms with van der Waals surface area (Å²) < 4.78 is 5.31. The molecule has 1 saturated heterocycles. The third kappa shape index (κ3) is 5.82. The summed E-state index contributed by atoms with van der Waals surface area (Å²) in [5.41, 5.74) is 0. The Kier molecular flexibility index (Phi) is 7.74. The molecule has 9 nitrogen and oxygen atoms in total. The zero-order chi connectivity index (χ0) is 18.4. The molecule has 1 aliphatic rings. The van der Waals surface area contributed by atoms with Crippen molar-refractivity contribution >= 4 is 17.7 Å². The van der Waals surface area contributed by atoms with Gasteiger partial charge in [0.15, 0.2) is 5.78 Å². The fraction of sp³-hybridized carbons (Fsp3) is 0.800. The lowest BCUT2D eigenvalue weighted by Gasteiger charge is -2.28. The third-order valence-electron chi connectivity index (χ3n) is 3.68. The molecule has 24 heavy (non-hydrogen) atoms. The summed E-state index contributed by atoms with van der Waals surface area (Å²) in [6.45, 7) is 4.99. The van der Waals surface area contributed by atoms with E-state index in [-0.39, 0.29) is 12.6 Å². The van der Waals surface area contributed by atoms with Crippen LogP contribution in [0.4, 0.5) is 0 Å². The first-order valence-corrected chi connectivity index (χ1v) is 7.93. The van der Waals surface area contributed by atoms with Gasteiger partial charge in [0.2, 0.25) is 5.91 Å². The quantitative estimate of drug-likeness (QED) is 0.336. The molecule has 0 aromatic carbocycles. The smallest absolute Gasteiger partial charge is 0.305 e. The van der Waals surface area contributed by atoms with Gasteiger partial charge < -0.3 is 30.7 Å². The van der Waals surface area contributed by atoms with Gasteiger partial charge >= 0.3 is 5.97 Å². The van der Waals surface area contributed by atoms with Crippen LogP contribution in [0.15, 0.2) is 0 Å². The molecule has 1 amide bonds. The number of Topliss-reactive ketones (excluding diaryl/α,β-unsaturated/α-hetero) is 1. The van der Waals surface area contributed by atoms with Crippen LogP contribution in [-0.4, -0.2) is 76.0 Å². The van der Waals surface area contributed by atoms with Crippen molar-refractivity contribution in [3.8, 4) is 0 Å². The molecule has 0 aliphatic carbocycles. The third-order valence-corrected chi connectivity index (χ3v) is 3.68. The van der Waals surface area contributed by atoms with Gasteiger partial charge in [-0.05, 0) is 13.3 Å². The molecule has 0 bridgehead atoms. The molecule has 5 atom stereocenters. The van der Waals surface area contributed by atoms with E-state index in [0.717, 1.165) is 0 Å². The number of hydrogen-bond acceptors (Lipinski definition) is 7. The van der Waals surface area contributed by atoms with Gasteiger partial charge in [-0.25, -0.2) is 0 Å². The normalized spacial score (nSPS) is 24.4. The number of ketones is 1. The number of rotatable bonds is 9. The number of amides is 1. The summed E-state index contributed by atoms with van der Waals surface area (Å²) in [5, 5.41) is 33.6. The van der Waals surface area contributed by atoms with E-state index in [1.54, 1.807) is 13.8 Å². The first-order valence-electron chi connectivity index (χ1n) is 7.93. The summed E-state index contributed by atoms with van der Waals surface area (Å²) in [4.78, 5) is 35.5. The van der Waals surface area contributed by atoms with Gasteiger partial charge in [-0.3, -0.25) is 14.4 Å². The van der Waals surface area contributed by atoms with Crippen LogP contribution in [0.3, 0.4) is 0 Å². The fourth-order valence-electron chi connectivity index (χ4n) is 2.55. The number of aliphatic carboxylic acids is 1. The molecule has 1 fully saturated rings. The lowest BCUT2D eigenvalue weighted by atomic mass is 9.97. The number of ether oxygens (including phenoxy) is 1. The van der Waals surface area contributed by atoms with E-state index in [1.165, 1.54) is 6.92 Å². The van der Waals surface area contributed by atoms with Gasteiger partial charge in [0.05, 0.1) is 18.6 Å². The average Bonchev–Trinajstić information content (AvgIpc) is 2.88. The van der Waals surface area contributed by atoms with Crippen molar-refractivity contribution in [2.45, 2.75) is 70.1 Å². The van der Waals surface area contributed by atoms with Crippen molar-refractivity contribution in [2.75, 3.05) is 6.61 Å². The standard InChI is InChI=1S/C15H26N2O7/c1-7(2)16-9(6-11(20)21)15(23)17-12(13(22)8(3)18)14-10(19)4-5-24-14/h7-10,12,14,16,18-19H,4-6H2,1-3H3,(H,17,23)(H,20,21). The van der Waals surface area contributed by atoms with E-state index in [4.69, 9.17) is 9.84 Å². The molecule has 9 heteroatoms. The number of carboxylic acids is 1. The minimum atomic E-state index is -1.36. The summed E-state index contributed by atoms with van der Waals surface area (Å²) in [5.74, 6) is -2.57. The Labute approximate surface area is 140 Å². The first-order chi connectivity index (χ1) is 11.1. The lowest BCUT2D eigenvalue weighted by molar-refractivity contribution is -0.141. The highest BCUT2D eigenvalue weighted by Crippen LogP contribution is 2.18. The monoisotopic (exact) mass is 346 g/mol. The number of carbonyl (C=O) groups is 3. The molecule has 0 saturated carbocycles. The number of hydrogen-bond donors (Lipinski definition) is 5. The van der Waals surface area contributed by atoms with Crippen LogP contribution >= 0.6 is 0 Å². The number of carbonyl (C=O) groups excluding carboxylic acids is 2. The summed E-state index contributed by atoms with van der Waals surface area (Å²) >= 11 is 0. The Morgan fingerprint density at radius 2 is 1.88 bits per heavy atom. The maximum Gasteiger partial charge on any atom is 0.305 e. The van der Waals surface area contributed by atoms with E-state index in [1.807, 2.05) is 0 Å². The molecule has 0 spiro atoms. The van der Waals surface area contributed by atoms with Gasteiger partial charge in [-0.15, -0.1) is 0 Å². The highest BCUT2D eigenvalue weighted by Gasteiger charge is 2.41. The molecular formula is C15H26N2O7. The molecule has 1 aliphatic heterocycles. The van der Waals surface area contributed by atoms with Crippen LogP contribution in [-0.2, 0) is 19.1 Å². The highest BCUT2D eigenvalue weighted by atomic mass is 16.5. The van der Waals surface area contributed by atoms with Crippen molar-refractivity contribution in [1.29, 1.82) is 0 Å². The van der Waals surface area contributed by atoms with Crippen LogP contribution in [0.25, 0.3) is 0 Å². The van der Waals surface area contributed by atoms with E-state index in [2.05, 4.69) is 10.6 Å². The molecule has 138 valence electrons. The van der Waals surface area contributed by atoms with Crippen molar-refractivity contribution in [1.82, 2.24) is 10.6 Å². The van der Waals surface area contributed by atoms with Crippen LogP contribution in [0.5, 0.6) is 0 Å². The van der Waals surface area contributed by atoms with Gasteiger partial charge in [-0.1, -0.05) is 13.8 Å². The topological polar surface area (TPSA) is 145 Å². The first kappa shape index (κ1) is 20.5. The van der Waals surface area contributed by atoms with Gasteiger partial charge in [-0.2, -0.15) is 0 Å². The summed E-state index contributed by atoms with van der Waals surface area (Å²) in [7, 11) is 0. The minimum Gasteiger partial charge on any atom is -0.481 e. The van der Waals surface area contributed by atoms with Gasteiger partial charge in [0.1, 0.15) is 18.2 Å². The Bertz CT molecular complexity index is 467. The molecular weight excluding hydrogens is 320 g/mol. The average molecular weight is 346 g/mol. The SMILES string of the molecule is CC(C)NC(CC(=O)O)C(=O)NC(C(=O)C(C)O)C1OCCC1O. The van der Waals surface area contributed by atoms with Crippen molar-refractivity contribution in [2.24, 2.45) is 0 Å². The molecule has 5 N–H and O–H groups in total. The Morgan fingerprint density at radius 3 is 2.29 bits per heavy atom. The van der Waals surface area contributed by atoms with E-state index >= 15 is 0 Å². The van der Waals surface area contributed by atoms with E-state index in [9.17, 15) is 24.6 Å². The van der Waals surface area contributed by atoms with E-state index in [0.29, 0.717) is 6.42 Å². The Morgan fingerprint density at radius 1 is 1.25 bits per heavy atom. The molecule has 5 unspecified atom stereocenters. The number of carboxylic acid groups (broad SMARTS) is 1. The summed E-state index contributed by atoms with van der Waals surface area (Å²) in [6.07, 6.45) is -3.43. The Hall–Kier alpha value is -1.55. The second-order valence-corrected chi connectivity index (χ2v) is 6.23. The molecule has 1 heterocycles. The maximum atomic E-state index is 12.4.